The highest BCUT2D eigenvalue weighted by Crippen LogP contribution is 2.22. The third-order valence-corrected chi connectivity index (χ3v) is 5.02. The molecule has 1 heterocycles. The van der Waals surface area contributed by atoms with E-state index in [4.69, 9.17) is 0 Å². The topological polar surface area (TPSA) is 54.0 Å². The highest BCUT2D eigenvalue weighted by Gasteiger charge is 2.15. The fraction of sp³-hybridized carbons (Fsp3) is 0.200. The zero-order valence-electron chi connectivity index (χ0n) is 14.8. The van der Waals surface area contributed by atoms with Crippen molar-refractivity contribution in [2.24, 2.45) is 0 Å². The van der Waals surface area contributed by atoms with Crippen molar-refractivity contribution in [2.45, 2.75) is 19.9 Å². The van der Waals surface area contributed by atoms with E-state index in [1.165, 1.54) is 29.0 Å². The molecule has 3 rings (SSSR count). The van der Waals surface area contributed by atoms with Crippen molar-refractivity contribution < 1.29 is 13.6 Å². The van der Waals surface area contributed by atoms with E-state index >= 15 is 0 Å². The molecule has 0 aliphatic heterocycles. The van der Waals surface area contributed by atoms with E-state index in [2.05, 4.69) is 27.8 Å². The van der Waals surface area contributed by atoms with E-state index in [1.54, 1.807) is 6.92 Å². The first-order chi connectivity index (χ1) is 13.0. The van der Waals surface area contributed by atoms with Crippen LogP contribution in [0.1, 0.15) is 26.5 Å². The van der Waals surface area contributed by atoms with Gasteiger partial charge >= 0.3 is 0 Å². The minimum Gasteiger partial charge on any atom is -0.361 e. The maximum atomic E-state index is 13.2. The fourth-order valence-electron chi connectivity index (χ4n) is 2.62. The summed E-state index contributed by atoms with van der Waals surface area (Å²) in [6.07, 6.45) is 0.853. The van der Waals surface area contributed by atoms with Gasteiger partial charge in [0.2, 0.25) is 0 Å². The van der Waals surface area contributed by atoms with Gasteiger partial charge in [-0.2, -0.15) is 0 Å². The molecular formula is C20H19F2N3OS. The highest BCUT2D eigenvalue weighted by molar-refractivity contribution is 7.17. The van der Waals surface area contributed by atoms with E-state index in [-0.39, 0.29) is 12.5 Å². The fourth-order valence-corrected chi connectivity index (χ4v) is 3.53. The molecule has 4 nitrogen and oxygen atoms in total. The zero-order valence-corrected chi connectivity index (χ0v) is 15.6. The molecule has 27 heavy (non-hydrogen) atoms. The Bertz CT molecular complexity index is 908. The monoisotopic (exact) mass is 387 g/mol. The molecule has 3 aromatic rings. The van der Waals surface area contributed by atoms with Crippen LogP contribution in [0.2, 0.25) is 0 Å². The molecule has 0 atom stereocenters. The first kappa shape index (κ1) is 19.0. The number of hydrogen-bond acceptors (Lipinski definition) is 4. The molecular weight excluding hydrogens is 368 g/mol. The minimum atomic E-state index is -0.668. The van der Waals surface area contributed by atoms with Crippen molar-refractivity contribution in [1.29, 1.82) is 0 Å². The molecule has 0 fully saturated rings. The van der Waals surface area contributed by atoms with Gasteiger partial charge in [0.05, 0.1) is 5.69 Å². The van der Waals surface area contributed by atoms with Crippen molar-refractivity contribution in [3.8, 4) is 0 Å². The van der Waals surface area contributed by atoms with Crippen LogP contribution < -0.4 is 10.6 Å². The average molecular weight is 387 g/mol. The Morgan fingerprint density at radius 2 is 1.78 bits per heavy atom. The quantitative estimate of drug-likeness (QED) is 0.635. The minimum absolute atomic E-state index is 0.0433. The Kier molecular flexibility index (Phi) is 6.13. The molecule has 7 heteroatoms. The summed E-state index contributed by atoms with van der Waals surface area (Å²) in [4.78, 5) is 17.2. The second-order valence-corrected chi connectivity index (χ2v) is 7.06. The molecule has 0 bridgehead atoms. The lowest BCUT2D eigenvalue weighted by molar-refractivity contribution is 0.0954. The normalized spacial score (nSPS) is 10.6. The van der Waals surface area contributed by atoms with Crippen molar-refractivity contribution in [1.82, 2.24) is 10.3 Å². The third-order valence-electron chi connectivity index (χ3n) is 3.91. The summed E-state index contributed by atoms with van der Waals surface area (Å²) in [5.74, 6) is -1.65. The van der Waals surface area contributed by atoms with Gasteiger partial charge in [0.1, 0.15) is 16.5 Å². The van der Waals surface area contributed by atoms with Gasteiger partial charge in [-0.05, 0) is 36.6 Å². The summed E-state index contributed by atoms with van der Waals surface area (Å²) in [6.45, 7) is 2.51. The Morgan fingerprint density at radius 3 is 2.48 bits per heavy atom. The molecule has 140 valence electrons. The Labute approximate surface area is 160 Å². The molecule has 0 saturated carbocycles. The van der Waals surface area contributed by atoms with Gasteiger partial charge in [0, 0.05) is 19.2 Å². The van der Waals surface area contributed by atoms with Crippen molar-refractivity contribution in [2.75, 3.05) is 11.9 Å². The maximum Gasteiger partial charge on any atom is 0.263 e. The number of nitrogens with zero attached hydrogens (tertiary/aromatic N) is 1. The van der Waals surface area contributed by atoms with Gasteiger partial charge in [-0.1, -0.05) is 41.7 Å². The average Bonchev–Trinajstić information content (AvgIpc) is 3.00. The van der Waals surface area contributed by atoms with E-state index in [9.17, 15) is 13.6 Å². The number of aryl methyl sites for hydroxylation is 1. The smallest absolute Gasteiger partial charge is 0.263 e. The molecule has 0 unspecified atom stereocenters. The van der Waals surface area contributed by atoms with Crippen LogP contribution in [0, 0.1) is 18.6 Å². The largest absolute Gasteiger partial charge is 0.361 e. The second-order valence-electron chi connectivity index (χ2n) is 6.06. The predicted octanol–water partition coefficient (Wildman–Crippen LogP) is 4.31. The summed E-state index contributed by atoms with van der Waals surface area (Å²) >= 11 is 1.26. The lowest BCUT2D eigenvalue weighted by Gasteiger charge is -2.05. The first-order valence-electron chi connectivity index (χ1n) is 8.49. The van der Waals surface area contributed by atoms with Crippen LogP contribution in [0.15, 0.2) is 48.5 Å². The second kappa shape index (κ2) is 8.73. The van der Waals surface area contributed by atoms with Crippen LogP contribution in [-0.2, 0) is 13.0 Å². The van der Waals surface area contributed by atoms with Gasteiger partial charge in [0.25, 0.3) is 5.91 Å². The van der Waals surface area contributed by atoms with Gasteiger partial charge in [-0.25, -0.2) is 13.8 Å². The van der Waals surface area contributed by atoms with Crippen LogP contribution in [0.25, 0.3) is 0 Å². The molecule has 0 spiro atoms. The number of carbonyl (C=O) groups is 1. The van der Waals surface area contributed by atoms with Crippen LogP contribution >= 0.6 is 11.3 Å². The van der Waals surface area contributed by atoms with Crippen LogP contribution in [-0.4, -0.2) is 17.4 Å². The highest BCUT2D eigenvalue weighted by atomic mass is 32.1. The summed E-state index contributed by atoms with van der Waals surface area (Å²) in [5, 5.41) is 6.57. The summed E-state index contributed by atoms with van der Waals surface area (Å²) in [5.41, 5.74) is 2.20. The third kappa shape index (κ3) is 5.34. The molecule has 2 N–H and O–H groups in total. The summed E-state index contributed by atoms with van der Waals surface area (Å²) < 4.78 is 26.4. The van der Waals surface area contributed by atoms with E-state index < -0.39 is 11.6 Å². The molecule has 0 saturated heterocycles. The summed E-state index contributed by atoms with van der Waals surface area (Å²) in [6, 6.07) is 13.3. The molecule has 0 radical (unpaired) electrons. The van der Waals surface area contributed by atoms with Crippen molar-refractivity contribution in [3.63, 3.8) is 0 Å². The SMILES string of the molecule is Cc1nc(NCCc2ccccc2)sc1C(=O)NCc1cc(F)cc(F)c1. The number of aromatic nitrogens is 1. The number of hydrogen-bond donors (Lipinski definition) is 2. The standard InChI is InChI=1S/C20H19F2N3OS/c1-13-18(19(26)24-12-15-9-16(21)11-17(22)10-15)27-20(25-13)23-8-7-14-5-3-2-4-6-14/h2-6,9-11H,7-8,12H2,1H3,(H,23,25)(H,24,26). The number of amides is 1. The summed E-state index contributed by atoms with van der Waals surface area (Å²) in [7, 11) is 0. The number of thiazole rings is 1. The molecule has 1 aromatic heterocycles. The van der Waals surface area contributed by atoms with Crippen LogP contribution in [0.3, 0.4) is 0 Å². The number of anilines is 1. The maximum absolute atomic E-state index is 13.2. The Morgan fingerprint density at radius 1 is 1.07 bits per heavy atom. The number of nitrogens with one attached hydrogen (secondary N) is 2. The number of carbonyl (C=O) groups excluding carboxylic acids is 1. The Balaban J connectivity index is 1.55. The number of halogens is 2. The van der Waals surface area contributed by atoms with Gasteiger partial charge in [-0.3, -0.25) is 4.79 Å². The predicted molar refractivity (Wildman–Crippen MR) is 103 cm³/mol. The van der Waals surface area contributed by atoms with Crippen LogP contribution in [0.5, 0.6) is 0 Å². The molecule has 0 aliphatic rings. The van der Waals surface area contributed by atoms with E-state index in [0.29, 0.717) is 27.8 Å². The Hall–Kier alpha value is -2.80. The van der Waals surface area contributed by atoms with Gasteiger partial charge in [0.15, 0.2) is 5.13 Å². The lowest BCUT2D eigenvalue weighted by Crippen LogP contribution is -2.22. The number of benzene rings is 2. The lowest BCUT2D eigenvalue weighted by atomic mass is 10.2. The van der Waals surface area contributed by atoms with Gasteiger partial charge < -0.3 is 10.6 Å². The van der Waals surface area contributed by atoms with Crippen LogP contribution in [0.4, 0.5) is 13.9 Å². The van der Waals surface area contributed by atoms with Crippen molar-refractivity contribution >= 4 is 22.4 Å². The molecule has 2 aromatic carbocycles. The zero-order chi connectivity index (χ0) is 19.2. The number of rotatable bonds is 7. The molecule has 0 aliphatic carbocycles. The first-order valence-corrected chi connectivity index (χ1v) is 9.31. The van der Waals surface area contributed by atoms with E-state index in [0.717, 1.165) is 12.5 Å². The van der Waals surface area contributed by atoms with E-state index in [1.807, 2.05) is 18.2 Å². The van der Waals surface area contributed by atoms with Crippen molar-refractivity contribution in [3.05, 3.63) is 81.9 Å². The molecule has 1 amide bonds. The van der Waals surface area contributed by atoms with Gasteiger partial charge in [-0.15, -0.1) is 0 Å².